The number of rotatable bonds is 10. The van der Waals surface area contributed by atoms with Crippen molar-refractivity contribution >= 4 is 17.6 Å². The zero-order valence-electron chi connectivity index (χ0n) is 20.3. The fourth-order valence-corrected chi connectivity index (χ4v) is 4.30. The van der Waals surface area contributed by atoms with Crippen molar-refractivity contribution in [3.05, 3.63) is 71.8 Å². The summed E-state index contributed by atoms with van der Waals surface area (Å²) in [6, 6.07) is 19.6. The molecule has 2 amide bonds. The van der Waals surface area contributed by atoms with Crippen LogP contribution in [0.4, 0.5) is 0 Å². The van der Waals surface area contributed by atoms with Crippen LogP contribution in [0.5, 0.6) is 0 Å². The number of nitrogens with one attached hydrogen (secondary N) is 2. The fraction of sp³-hybridized carbons (Fsp3) is 0.429. The number of carbonyl (C=O) groups excluding carboxylic acids is 2. The molecule has 2 aromatic rings. The SMILES string of the molecule is CC(=O)NC(=NC(CC1CCCCC1)C(=O)NC(C#N)COCc1ccccc1)c1ccccc1. The van der Waals surface area contributed by atoms with Gasteiger partial charge in [0, 0.05) is 12.5 Å². The number of amidine groups is 1. The lowest BCUT2D eigenvalue weighted by Gasteiger charge is -2.25. The van der Waals surface area contributed by atoms with Crippen LogP contribution < -0.4 is 10.6 Å². The lowest BCUT2D eigenvalue weighted by molar-refractivity contribution is -0.123. The lowest BCUT2D eigenvalue weighted by Crippen LogP contribution is -2.44. The van der Waals surface area contributed by atoms with Gasteiger partial charge in [0.2, 0.25) is 11.8 Å². The van der Waals surface area contributed by atoms with E-state index < -0.39 is 12.1 Å². The average molecular weight is 475 g/mol. The van der Waals surface area contributed by atoms with Crippen LogP contribution >= 0.6 is 0 Å². The van der Waals surface area contributed by atoms with Crippen molar-refractivity contribution < 1.29 is 14.3 Å². The second kappa shape index (κ2) is 14.0. The normalized spacial score (nSPS) is 16.1. The summed E-state index contributed by atoms with van der Waals surface area (Å²) in [6.45, 7) is 1.86. The monoisotopic (exact) mass is 474 g/mol. The fourth-order valence-electron chi connectivity index (χ4n) is 4.30. The van der Waals surface area contributed by atoms with Crippen LogP contribution in [0.1, 0.15) is 56.6 Å². The number of aliphatic imine (C=N–C) groups is 1. The summed E-state index contributed by atoms with van der Waals surface area (Å²) < 4.78 is 5.68. The highest BCUT2D eigenvalue weighted by Gasteiger charge is 2.27. The number of hydrogen-bond donors (Lipinski definition) is 2. The molecule has 3 rings (SSSR count). The largest absolute Gasteiger partial charge is 0.374 e. The molecule has 7 nitrogen and oxygen atoms in total. The summed E-state index contributed by atoms with van der Waals surface area (Å²) in [5.41, 5.74) is 1.73. The Bertz CT molecular complexity index is 1010. The Morgan fingerprint density at radius 3 is 2.34 bits per heavy atom. The number of ether oxygens (including phenoxy) is 1. The number of carbonyl (C=O) groups is 2. The van der Waals surface area contributed by atoms with E-state index in [9.17, 15) is 14.9 Å². The van der Waals surface area contributed by atoms with Gasteiger partial charge in [-0.1, -0.05) is 92.8 Å². The molecule has 184 valence electrons. The van der Waals surface area contributed by atoms with Crippen LogP contribution in [0.3, 0.4) is 0 Å². The van der Waals surface area contributed by atoms with Crippen molar-refractivity contribution in [2.75, 3.05) is 6.61 Å². The van der Waals surface area contributed by atoms with E-state index in [1.54, 1.807) is 0 Å². The third-order valence-electron chi connectivity index (χ3n) is 6.08. The molecular weight excluding hydrogens is 440 g/mol. The summed E-state index contributed by atoms with van der Waals surface area (Å²) in [5, 5.41) is 15.2. The first-order valence-electron chi connectivity index (χ1n) is 12.3. The van der Waals surface area contributed by atoms with E-state index in [4.69, 9.17) is 9.73 Å². The van der Waals surface area contributed by atoms with Crippen LogP contribution in [0.2, 0.25) is 0 Å². The summed E-state index contributed by atoms with van der Waals surface area (Å²) >= 11 is 0. The highest BCUT2D eigenvalue weighted by Crippen LogP contribution is 2.28. The second-order valence-electron chi connectivity index (χ2n) is 8.97. The van der Waals surface area contributed by atoms with Crippen molar-refractivity contribution in [3.8, 4) is 6.07 Å². The Labute approximate surface area is 207 Å². The first-order valence-corrected chi connectivity index (χ1v) is 12.3. The molecule has 7 heteroatoms. The first-order chi connectivity index (χ1) is 17.0. The van der Waals surface area contributed by atoms with Crippen LogP contribution in [0.25, 0.3) is 0 Å². The number of nitriles is 1. The van der Waals surface area contributed by atoms with E-state index in [-0.39, 0.29) is 18.4 Å². The third kappa shape index (κ3) is 8.99. The molecule has 0 saturated heterocycles. The van der Waals surface area contributed by atoms with Gasteiger partial charge in [0.1, 0.15) is 17.9 Å². The maximum atomic E-state index is 13.3. The van der Waals surface area contributed by atoms with Crippen LogP contribution in [-0.2, 0) is 20.9 Å². The van der Waals surface area contributed by atoms with E-state index >= 15 is 0 Å². The number of nitrogens with zero attached hydrogens (tertiary/aromatic N) is 2. The van der Waals surface area contributed by atoms with Gasteiger partial charge in [-0.3, -0.25) is 14.6 Å². The molecule has 0 radical (unpaired) electrons. The van der Waals surface area contributed by atoms with Gasteiger partial charge in [0.15, 0.2) is 0 Å². The van der Waals surface area contributed by atoms with Crippen molar-refractivity contribution in [3.63, 3.8) is 0 Å². The van der Waals surface area contributed by atoms with E-state index in [0.29, 0.717) is 24.8 Å². The molecule has 2 unspecified atom stereocenters. The van der Waals surface area contributed by atoms with Gasteiger partial charge in [-0.05, 0) is 17.9 Å². The predicted octanol–water partition coefficient (Wildman–Crippen LogP) is 4.13. The molecule has 0 heterocycles. The number of hydrogen-bond acceptors (Lipinski definition) is 5. The molecule has 2 N–H and O–H groups in total. The van der Waals surface area contributed by atoms with Gasteiger partial charge in [-0.2, -0.15) is 5.26 Å². The predicted molar refractivity (Wildman–Crippen MR) is 135 cm³/mol. The first kappa shape index (κ1) is 26.1. The van der Waals surface area contributed by atoms with Crippen molar-refractivity contribution in [1.82, 2.24) is 10.6 Å². The highest BCUT2D eigenvalue weighted by molar-refractivity contribution is 6.08. The minimum Gasteiger partial charge on any atom is -0.374 e. The van der Waals surface area contributed by atoms with Gasteiger partial charge in [-0.25, -0.2) is 0 Å². The van der Waals surface area contributed by atoms with Gasteiger partial charge < -0.3 is 15.4 Å². The van der Waals surface area contributed by atoms with Crippen molar-refractivity contribution in [2.45, 2.75) is 64.1 Å². The molecule has 2 aromatic carbocycles. The molecule has 0 bridgehead atoms. The topological polar surface area (TPSA) is 104 Å². The van der Waals surface area contributed by atoms with Gasteiger partial charge in [0.05, 0.1) is 19.3 Å². The van der Waals surface area contributed by atoms with Crippen LogP contribution in [0.15, 0.2) is 65.7 Å². The van der Waals surface area contributed by atoms with Gasteiger partial charge in [0.25, 0.3) is 0 Å². The van der Waals surface area contributed by atoms with Gasteiger partial charge in [-0.15, -0.1) is 0 Å². The van der Waals surface area contributed by atoms with Gasteiger partial charge >= 0.3 is 0 Å². The Morgan fingerprint density at radius 1 is 1.06 bits per heavy atom. The van der Waals surface area contributed by atoms with E-state index in [1.165, 1.54) is 13.3 Å². The Morgan fingerprint density at radius 2 is 1.71 bits per heavy atom. The molecule has 1 aliphatic rings. The molecular formula is C28H34N4O3. The van der Waals surface area contributed by atoms with E-state index in [0.717, 1.165) is 36.8 Å². The number of amides is 2. The minimum absolute atomic E-state index is 0.0776. The second-order valence-corrected chi connectivity index (χ2v) is 8.97. The smallest absolute Gasteiger partial charge is 0.245 e. The average Bonchev–Trinajstić information content (AvgIpc) is 2.88. The highest BCUT2D eigenvalue weighted by atomic mass is 16.5. The summed E-state index contributed by atoms with van der Waals surface area (Å²) in [7, 11) is 0. The zero-order valence-corrected chi connectivity index (χ0v) is 20.3. The van der Waals surface area contributed by atoms with Crippen molar-refractivity contribution in [2.24, 2.45) is 10.9 Å². The molecule has 0 spiro atoms. The van der Waals surface area contributed by atoms with Crippen molar-refractivity contribution in [1.29, 1.82) is 5.26 Å². The van der Waals surface area contributed by atoms with E-state index in [2.05, 4.69) is 16.7 Å². The summed E-state index contributed by atoms with van der Waals surface area (Å²) in [4.78, 5) is 29.9. The minimum atomic E-state index is -0.795. The maximum Gasteiger partial charge on any atom is 0.245 e. The van der Waals surface area contributed by atoms with Crippen LogP contribution in [-0.4, -0.2) is 36.3 Å². The number of benzene rings is 2. The molecule has 1 saturated carbocycles. The summed E-state index contributed by atoms with van der Waals surface area (Å²) in [6.07, 6.45) is 6.20. The Kier molecular flexibility index (Phi) is 10.5. The molecule has 2 atom stereocenters. The zero-order chi connectivity index (χ0) is 24.9. The summed E-state index contributed by atoms with van der Waals surface area (Å²) in [5.74, 6) is 0.160. The quantitative estimate of drug-likeness (QED) is 0.399. The molecule has 0 aromatic heterocycles. The molecule has 35 heavy (non-hydrogen) atoms. The Balaban J connectivity index is 1.73. The lowest BCUT2D eigenvalue weighted by atomic mass is 9.84. The van der Waals surface area contributed by atoms with Crippen LogP contribution in [0, 0.1) is 17.2 Å². The molecule has 1 fully saturated rings. The molecule has 0 aliphatic heterocycles. The maximum absolute atomic E-state index is 13.3. The standard InChI is InChI=1S/C28H34N4O3/c1-21(33)30-27(24-15-9-4-10-16-24)32-26(17-22-11-5-2-6-12-22)28(34)31-25(18-29)20-35-19-23-13-7-3-8-14-23/h3-4,7-10,13-16,22,25-26H,2,5-6,11-12,17,19-20H2,1H3,(H,31,34)(H,30,32,33). The molecule has 1 aliphatic carbocycles. The third-order valence-corrected chi connectivity index (χ3v) is 6.08. The Hall–Kier alpha value is -3.50. The van der Waals surface area contributed by atoms with E-state index in [1.807, 2.05) is 60.7 Å².